The van der Waals surface area contributed by atoms with E-state index in [0.717, 1.165) is 6.54 Å². The Morgan fingerprint density at radius 1 is 1.00 bits per heavy atom. The molecule has 1 N–H and O–H groups in total. The van der Waals surface area contributed by atoms with Crippen molar-refractivity contribution in [2.24, 2.45) is 0 Å². The van der Waals surface area contributed by atoms with Crippen LogP contribution in [0.5, 0.6) is 0 Å². The molecule has 0 unspecified atom stereocenters. The lowest BCUT2D eigenvalue weighted by Crippen LogP contribution is -2.36. The predicted octanol–water partition coefficient (Wildman–Crippen LogP) is 3.25. The van der Waals surface area contributed by atoms with Crippen molar-refractivity contribution in [1.29, 1.82) is 0 Å². The van der Waals surface area contributed by atoms with Gasteiger partial charge in [0.05, 0.1) is 0 Å². The maximum atomic E-state index is 4.49. The van der Waals surface area contributed by atoms with Gasteiger partial charge in [-0.15, -0.1) is 0 Å². The first kappa shape index (κ1) is 13.3. The molecule has 1 nitrogen and oxygen atoms in total. The molecular formula is C11H25NS. The third-order valence-corrected chi connectivity index (χ3v) is 2.09. The molecule has 0 heterocycles. The van der Waals surface area contributed by atoms with Crippen LogP contribution in [0.1, 0.15) is 53.9 Å². The van der Waals surface area contributed by atoms with Crippen LogP contribution in [-0.4, -0.2) is 16.8 Å². The van der Waals surface area contributed by atoms with Gasteiger partial charge in [-0.3, -0.25) is 0 Å². The molecule has 0 aliphatic rings. The molecule has 0 aliphatic carbocycles. The van der Waals surface area contributed by atoms with Crippen molar-refractivity contribution in [3.05, 3.63) is 0 Å². The topological polar surface area (TPSA) is 12.0 Å². The monoisotopic (exact) mass is 203 g/mol. The number of hydrogen-bond donors (Lipinski definition) is 2. The molecule has 2 heteroatoms. The summed E-state index contributed by atoms with van der Waals surface area (Å²) in [5.41, 5.74) is 0.260. The summed E-state index contributed by atoms with van der Waals surface area (Å²) in [4.78, 5) is 0. The number of unbranched alkanes of at least 4 members (excludes halogenated alkanes) is 1. The lowest BCUT2D eigenvalue weighted by atomic mass is 10.0. The summed E-state index contributed by atoms with van der Waals surface area (Å²) in [5, 5.41) is 3.48. The first-order chi connectivity index (χ1) is 5.71. The Morgan fingerprint density at radius 3 is 1.92 bits per heavy atom. The van der Waals surface area contributed by atoms with Crippen LogP contribution >= 0.6 is 12.6 Å². The third kappa shape index (κ3) is 12.3. The maximum Gasteiger partial charge on any atom is 0.00965 e. The smallest absolute Gasteiger partial charge is 0.00965 e. The van der Waals surface area contributed by atoms with Crippen molar-refractivity contribution < 1.29 is 0 Å². The number of thiol groups is 1. The van der Waals surface area contributed by atoms with Gasteiger partial charge in [-0.2, -0.15) is 12.6 Å². The zero-order valence-electron chi connectivity index (χ0n) is 9.78. The summed E-state index contributed by atoms with van der Waals surface area (Å²) < 4.78 is 0.196. The molecule has 0 amide bonds. The van der Waals surface area contributed by atoms with Crippen LogP contribution in [0.25, 0.3) is 0 Å². The minimum atomic E-state index is 0.196. The van der Waals surface area contributed by atoms with E-state index in [0.29, 0.717) is 0 Å². The molecule has 80 valence electrons. The molecule has 0 aliphatic heterocycles. The zero-order chi connectivity index (χ0) is 10.5. The van der Waals surface area contributed by atoms with Gasteiger partial charge in [0.25, 0.3) is 0 Å². The van der Waals surface area contributed by atoms with Gasteiger partial charge in [0.1, 0.15) is 0 Å². The molecule has 0 aromatic rings. The first-order valence-corrected chi connectivity index (χ1v) is 5.63. The van der Waals surface area contributed by atoms with E-state index < -0.39 is 0 Å². The Hall–Kier alpha value is 0.310. The van der Waals surface area contributed by atoms with Crippen LogP contribution in [-0.2, 0) is 0 Å². The molecule has 0 saturated carbocycles. The van der Waals surface area contributed by atoms with E-state index in [1.807, 2.05) is 0 Å². The van der Waals surface area contributed by atoms with E-state index in [-0.39, 0.29) is 10.3 Å². The molecule has 0 aromatic carbocycles. The average molecular weight is 203 g/mol. The molecule has 0 saturated heterocycles. The SMILES string of the molecule is CC(C)(S)CCCCNC(C)(C)C. The van der Waals surface area contributed by atoms with E-state index in [1.165, 1.54) is 19.3 Å². The highest BCUT2D eigenvalue weighted by Gasteiger charge is 2.11. The van der Waals surface area contributed by atoms with Crippen LogP contribution < -0.4 is 5.32 Å². The van der Waals surface area contributed by atoms with Crippen molar-refractivity contribution in [2.45, 2.75) is 64.2 Å². The summed E-state index contributed by atoms with van der Waals surface area (Å²) in [7, 11) is 0. The van der Waals surface area contributed by atoms with Gasteiger partial charge < -0.3 is 5.32 Å². The second-order valence-corrected chi connectivity index (χ2v) is 6.66. The van der Waals surface area contributed by atoms with E-state index in [9.17, 15) is 0 Å². The number of hydrogen-bond acceptors (Lipinski definition) is 2. The fourth-order valence-corrected chi connectivity index (χ4v) is 1.30. The fraction of sp³-hybridized carbons (Fsp3) is 1.00. The standard InChI is InChI=1S/C11H25NS/c1-10(2,3)12-9-7-6-8-11(4,5)13/h12-13H,6-9H2,1-5H3. The normalized spacial score (nSPS) is 13.4. The molecule has 0 spiro atoms. The molecule has 0 atom stereocenters. The molecule has 0 aromatic heterocycles. The Kier molecular flexibility index (Phi) is 5.38. The lowest BCUT2D eigenvalue weighted by Gasteiger charge is -2.21. The highest BCUT2D eigenvalue weighted by Crippen LogP contribution is 2.19. The van der Waals surface area contributed by atoms with Crippen molar-refractivity contribution in [1.82, 2.24) is 5.32 Å². The van der Waals surface area contributed by atoms with Crippen LogP contribution in [0.15, 0.2) is 0 Å². The first-order valence-electron chi connectivity index (χ1n) is 5.18. The second kappa shape index (κ2) is 5.26. The number of rotatable bonds is 5. The van der Waals surface area contributed by atoms with E-state index in [4.69, 9.17) is 0 Å². The third-order valence-electron chi connectivity index (χ3n) is 1.87. The fourth-order valence-electron chi connectivity index (χ4n) is 1.15. The summed E-state index contributed by atoms with van der Waals surface area (Å²) in [6.07, 6.45) is 3.71. The van der Waals surface area contributed by atoms with Crippen molar-refractivity contribution >= 4 is 12.6 Å². The Balaban J connectivity index is 3.28. The molecule has 0 fully saturated rings. The molecule has 0 rings (SSSR count). The summed E-state index contributed by atoms with van der Waals surface area (Å²) >= 11 is 4.49. The molecule has 0 bridgehead atoms. The van der Waals surface area contributed by atoms with Crippen molar-refractivity contribution in [3.63, 3.8) is 0 Å². The second-order valence-electron chi connectivity index (χ2n) is 5.45. The zero-order valence-corrected chi connectivity index (χ0v) is 10.7. The summed E-state index contributed by atoms with van der Waals surface area (Å²) in [5.74, 6) is 0. The minimum Gasteiger partial charge on any atom is -0.312 e. The quantitative estimate of drug-likeness (QED) is 0.516. The van der Waals surface area contributed by atoms with E-state index >= 15 is 0 Å². The van der Waals surface area contributed by atoms with Crippen LogP contribution in [0, 0.1) is 0 Å². The van der Waals surface area contributed by atoms with Crippen molar-refractivity contribution in [2.75, 3.05) is 6.54 Å². The summed E-state index contributed by atoms with van der Waals surface area (Å²) in [6, 6.07) is 0. The number of nitrogens with one attached hydrogen (secondary N) is 1. The highest BCUT2D eigenvalue weighted by molar-refractivity contribution is 7.81. The Labute approximate surface area is 89.1 Å². The molecule has 13 heavy (non-hydrogen) atoms. The highest BCUT2D eigenvalue weighted by atomic mass is 32.1. The van der Waals surface area contributed by atoms with Crippen LogP contribution in [0.3, 0.4) is 0 Å². The van der Waals surface area contributed by atoms with E-state index in [2.05, 4.69) is 52.6 Å². The van der Waals surface area contributed by atoms with Crippen LogP contribution in [0.2, 0.25) is 0 Å². The van der Waals surface area contributed by atoms with Gasteiger partial charge >= 0.3 is 0 Å². The van der Waals surface area contributed by atoms with Gasteiger partial charge in [-0.05, 0) is 40.2 Å². The molecule has 0 radical (unpaired) electrons. The van der Waals surface area contributed by atoms with Gasteiger partial charge in [0.2, 0.25) is 0 Å². The van der Waals surface area contributed by atoms with Crippen LogP contribution in [0.4, 0.5) is 0 Å². The van der Waals surface area contributed by atoms with Gasteiger partial charge in [0.15, 0.2) is 0 Å². The minimum absolute atomic E-state index is 0.196. The lowest BCUT2D eigenvalue weighted by molar-refractivity contribution is 0.413. The van der Waals surface area contributed by atoms with Gasteiger partial charge in [0, 0.05) is 10.3 Å². The average Bonchev–Trinajstić information content (AvgIpc) is 1.81. The Bertz CT molecular complexity index is 114. The molecular weight excluding hydrogens is 178 g/mol. The van der Waals surface area contributed by atoms with E-state index in [1.54, 1.807) is 0 Å². The predicted molar refractivity (Wildman–Crippen MR) is 64.7 cm³/mol. The van der Waals surface area contributed by atoms with Crippen molar-refractivity contribution in [3.8, 4) is 0 Å². The largest absolute Gasteiger partial charge is 0.312 e. The Morgan fingerprint density at radius 2 is 1.54 bits per heavy atom. The maximum absolute atomic E-state index is 4.49. The summed E-state index contributed by atoms with van der Waals surface area (Å²) in [6.45, 7) is 12.1. The van der Waals surface area contributed by atoms with Gasteiger partial charge in [-0.1, -0.05) is 20.3 Å². The van der Waals surface area contributed by atoms with Gasteiger partial charge in [-0.25, -0.2) is 0 Å².